The molecule has 172 valence electrons. The van der Waals surface area contributed by atoms with E-state index in [9.17, 15) is 4.79 Å². The zero-order chi connectivity index (χ0) is 23.0. The van der Waals surface area contributed by atoms with Gasteiger partial charge in [-0.25, -0.2) is 9.78 Å². The first kappa shape index (κ1) is 22.7. The van der Waals surface area contributed by atoms with Crippen molar-refractivity contribution in [3.05, 3.63) is 59.9 Å². The normalized spacial score (nSPS) is 13.8. The molecule has 33 heavy (non-hydrogen) atoms. The summed E-state index contributed by atoms with van der Waals surface area (Å²) in [5.74, 6) is 1.48. The van der Waals surface area contributed by atoms with Crippen molar-refractivity contribution < 1.29 is 23.8 Å². The fourth-order valence-electron chi connectivity index (χ4n) is 3.00. The van der Waals surface area contributed by atoms with E-state index in [-0.39, 0.29) is 6.10 Å². The van der Waals surface area contributed by atoms with E-state index in [1.165, 1.54) is 11.3 Å². The van der Waals surface area contributed by atoms with Crippen LogP contribution in [-0.4, -0.2) is 65.9 Å². The number of hydrogen-bond acceptors (Lipinski definition) is 9. The SMILES string of the molecule is COCCOc1ccc(Cl)c(-c2ccc(OC3CN(OC(=O)Nc4cccnn4)C3)nc2)c1. The van der Waals surface area contributed by atoms with Gasteiger partial charge in [-0.1, -0.05) is 11.6 Å². The van der Waals surface area contributed by atoms with Crippen LogP contribution in [-0.2, 0) is 9.57 Å². The number of halogens is 1. The number of nitrogens with zero attached hydrogens (tertiary/aromatic N) is 4. The highest BCUT2D eigenvalue weighted by molar-refractivity contribution is 6.33. The fraction of sp³-hybridized carbons (Fsp3) is 0.273. The number of rotatable bonds is 9. The molecule has 3 aromatic rings. The van der Waals surface area contributed by atoms with E-state index >= 15 is 0 Å². The molecule has 1 aliphatic rings. The number of pyridine rings is 1. The lowest BCUT2D eigenvalue weighted by atomic mass is 10.1. The summed E-state index contributed by atoms with van der Waals surface area (Å²) in [5.41, 5.74) is 1.65. The van der Waals surface area contributed by atoms with Crippen molar-refractivity contribution in [3.8, 4) is 22.8 Å². The third-order valence-corrected chi connectivity index (χ3v) is 4.99. The Kier molecular flexibility index (Phi) is 7.51. The van der Waals surface area contributed by atoms with Gasteiger partial charge in [-0.05, 0) is 36.4 Å². The maximum absolute atomic E-state index is 11.9. The maximum Gasteiger partial charge on any atom is 0.432 e. The number of ether oxygens (including phenoxy) is 3. The minimum Gasteiger partial charge on any atom is -0.491 e. The van der Waals surface area contributed by atoms with Gasteiger partial charge in [0.15, 0.2) is 5.82 Å². The molecule has 0 spiro atoms. The molecule has 0 saturated carbocycles. The predicted molar refractivity (Wildman–Crippen MR) is 120 cm³/mol. The maximum atomic E-state index is 11.9. The molecule has 2 aromatic heterocycles. The van der Waals surface area contributed by atoms with Gasteiger partial charge in [0, 0.05) is 41.7 Å². The second-order valence-electron chi connectivity index (χ2n) is 7.07. The molecule has 10 nitrogen and oxygen atoms in total. The van der Waals surface area contributed by atoms with Gasteiger partial charge in [0.25, 0.3) is 0 Å². The van der Waals surface area contributed by atoms with Crippen LogP contribution in [0.3, 0.4) is 0 Å². The largest absolute Gasteiger partial charge is 0.491 e. The number of aromatic nitrogens is 3. The molecular weight excluding hydrogens is 450 g/mol. The summed E-state index contributed by atoms with van der Waals surface area (Å²) in [7, 11) is 1.62. The topological polar surface area (TPSA) is 108 Å². The first-order valence-electron chi connectivity index (χ1n) is 10.2. The van der Waals surface area contributed by atoms with Crippen LogP contribution >= 0.6 is 11.6 Å². The quantitative estimate of drug-likeness (QED) is 0.469. The second-order valence-corrected chi connectivity index (χ2v) is 7.47. The van der Waals surface area contributed by atoms with Crippen molar-refractivity contribution in [2.45, 2.75) is 6.10 Å². The summed E-state index contributed by atoms with van der Waals surface area (Å²) < 4.78 is 16.5. The van der Waals surface area contributed by atoms with E-state index in [4.69, 9.17) is 30.6 Å². The Labute approximate surface area is 195 Å². The van der Waals surface area contributed by atoms with Gasteiger partial charge in [-0.15, -0.1) is 10.2 Å². The number of carbonyl (C=O) groups excluding carboxylic acids is 1. The smallest absolute Gasteiger partial charge is 0.432 e. The van der Waals surface area contributed by atoms with Crippen LogP contribution in [0.5, 0.6) is 11.6 Å². The number of anilines is 1. The zero-order valence-electron chi connectivity index (χ0n) is 17.8. The molecule has 0 bridgehead atoms. The van der Waals surface area contributed by atoms with Crippen LogP contribution in [0.4, 0.5) is 10.6 Å². The van der Waals surface area contributed by atoms with Crippen molar-refractivity contribution in [2.75, 3.05) is 38.7 Å². The lowest BCUT2D eigenvalue weighted by Gasteiger charge is -2.36. The van der Waals surface area contributed by atoms with Crippen molar-refractivity contribution in [3.63, 3.8) is 0 Å². The summed E-state index contributed by atoms with van der Waals surface area (Å²) in [6.45, 7) is 1.79. The summed E-state index contributed by atoms with van der Waals surface area (Å²) >= 11 is 6.36. The van der Waals surface area contributed by atoms with Gasteiger partial charge in [0.2, 0.25) is 5.88 Å². The van der Waals surface area contributed by atoms with Crippen LogP contribution in [0.25, 0.3) is 11.1 Å². The molecular formula is C22H22ClN5O5. The average Bonchev–Trinajstić information content (AvgIpc) is 2.80. The molecule has 1 aromatic carbocycles. The van der Waals surface area contributed by atoms with Crippen molar-refractivity contribution in [1.29, 1.82) is 0 Å². The van der Waals surface area contributed by atoms with E-state index in [1.54, 1.807) is 37.6 Å². The molecule has 0 unspecified atom stereocenters. The summed E-state index contributed by atoms with van der Waals surface area (Å²) in [6, 6.07) is 12.4. The van der Waals surface area contributed by atoms with Crippen LogP contribution in [0.15, 0.2) is 54.9 Å². The second kappa shape index (κ2) is 10.9. The molecule has 1 fully saturated rings. The van der Waals surface area contributed by atoms with E-state index in [2.05, 4.69) is 20.5 Å². The molecule has 3 heterocycles. The van der Waals surface area contributed by atoms with Gasteiger partial charge in [0.05, 0.1) is 19.7 Å². The Balaban J connectivity index is 1.26. The minimum atomic E-state index is -0.637. The number of hydroxylamine groups is 2. The predicted octanol–water partition coefficient (Wildman–Crippen LogP) is 3.44. The van der Waals surface area contributed by atoms with Crippen molar-refractivity contribution in [1.82, 2.24) is 20.2 Å². The van der Waals surface area contributed by atoms with Crippen LogP contribution < -0.4 is 14.8 Å². The number of nitrogens with one attached hydrogen (secondary N) is 1. The van der Waals surface area contributed by atoms with Crippen molar-refractivity contribution >= 4 is 23.5 Å². The van der Waals surface area contributed by atoms with Crippen LogP contribution in [0.1, 0.15) is 0 Å². The molecule has 1 N–H and O–H groups in total. The minimum absolute atomic E-state index is 0.145. The van der Waals surface area contributed by atoms with Crippen LogP contribution in [0, 0.1) is 0 Å². The van der Waals surface area contributed by atoms with Gasteiger partial charge < -0.3 is 19.0 Å². The number of hydrogen-bond donors (Lipinski definition) is 1. The summed E-state index contributed by atoms with van der Waals surface area (Å²) in [4.78, 5) is 21.4. The van der Waals surface area contributed by atoms with Gasteiger partial charge in [-0.2, -0.15) is 5.10 Å². The number of methoxy groups -OCH3 is 1. The molecule has 0 aliphatic carbocycles. The first-order valence-corrected chi connectivity index (χ1v) is 10.5. The Hall–Kier alpha value is -3.47. The molecule has 0 radical (unpaired) electrons. The van der Waals surface area contributed by atoms with Crippen molar-refractivity contribution in [2.24, 2.45) is 0 Å². The highest BCUT2D eigenvalue weighted by Gasteiger charge is 2.32. The van der Waals surface area contributed by atoms with E-state index in [0.717, 1.165) is 11.1 Å². The molecule has 1 aliphatic heterocycles. The molecule has 11 heteroatoms. The summed E-state index contributed by atoms with van der Waals surface area (Å²) in [6.07, 6.45) is 2.42. The molecule has 1 amide bonds. The Bertz CT molecular complexity index is 1060. The Morgan fingerprint density at radius 3 is 2.82 bits per heavy atom. The number of carbonyl (C=O) groups is 1. The molecule has 1 saturated heterocycles. The van der Waals surface area contributed by atoms with Crippen LogP contribution in [0.2, 0.25) is 5.02 Å². The van der Waals surface area contributed by atoms with Gasteiger partial charge in [0.1, 0.15) is 18.5 Å². The third kappa shape index (κ3) is 6.28. The van der Waals surface area contributed by atoms with Gasteiger partial charge in [-0.3, -0.25) is 5.32 Å². The zero-order valence-corrected chi connectivity index (χ0v) is 18.6. The molecule has 0 atom stereocenters. The fourth-order valence-corrected chi connectivity index (χ4v) is 3.23. The monoisotopic (exact) mass is 471 g/mol. The first-order chi connectivity index (χ1) is 16.1. The highest BCUT2D eigenvalue weighted by atomic mass is 35.5. The average molecular weight is 472 g/mol. The summed E-state index contributed by atoms with van der Waals surface area (Å²) in [5, 5.41) is 12.0. The highest BCUT2D eigenvalue weighted by Crippen LogP contribution is 2.32. The van der Waals surface area contributed by atoms with Gasteiger partial charge >= 0.3 is 6.09 Å². The Morgan fingerprint density at radius 1 is 1.21 bits per heavy atom. The molecule has 4 rings (SSSR count). The third-order valence-electron chi connectivity index (χ3n) is 4.66. The van der Waals surface area contributed by atoms with E-state index < -0.39 is 6.09 Å². The lowest BCUT2D eigenvalue weighted by Crippen LogP contribution is -2.54. The standard InChI is InChI=1S/C22H22ClN5O5/c1-30-9-10-31-16-5-6-19(23)18(11-16)15-4-7-21(24-12-15)32-17-13-28(14-17)33-22(29)26-20-3-2-8-25-27-20/h2-8,11-12,17H,9-10,13-14H2,1H3,(H,26,27,29). The Morgan fingerprint density at radius 2 is 2.09 bits per heavy atom. The number of amides is 1. The van der Waals surface area contributed by atoms with E-state index in [1.807, 2.05) is 18.2 Å². The lowest BCUT2D eigenvalue weighted by molar-refractivity contribution is -0.181. The van der Waals surface area contributed by atoms with E-state index in [0.29, 0.717) is 48.8 Å². The number of benzene rings is 1.